The molecule has 1 amide bonds. The van der Waals surface area contributed by atoms with E-state index < -0.39 is 20.0 Å². The van der Waals surface area contributed by atoms with Crippen molar-refractivity contribution in [3.8, 4) is 0 Å². The Labute approximate surface area is 443 Å². The average molecular weight is 1020 g/mol. The molecular weight excluding hydrogens is 900 g/mol. The van der Waals surface area contributed by atoms with E-state index in [2.05, 4.69) is 31.3 Å². The number of likely N-dealkylation sites (N-methyl/N-ethyl adjacent to an activating group) is 1. The molecule has 3 unspecified atom stereocenters. The predicted molar refractivity (Wildman–Crippen MR) is 307 cm³/mol. The van der Waals surface area contributed by atoms with Gasteiger partial charge in [-0.25, -0.2) is 0 Å². The normalized spacial score (nSPS) is 14.0. The number of carbonyl (C=O) groups is 1. The molecule has 0 spiro atoms. The van der Waals surface area contributed by atoms with Crippen LogP contribution in [0.4, 0.5) is 0 Å². The summed E-state index contributed by atoms with van der Waals surface area (Å²) in [5.74, 6) is -0.202. The first-order valence-corrected chi connectivity index (χ1v) is 32.7. The van der Waals surface area contributed by atoms with E-state index in [0.717, 1.165) is 38.5 Å². The molecule has 0 aromatic heterocycles. The molecule has 0 fully saturated rings. The molecule has 2 N–H and O–H groups in total. The second-order valence-electron chi connectivity index (χ2n) is 22.8. The third-order valence-electron chi connectivity index (χ3n) is 14.4. The van der Waals surface area contributed by atoms with Gasteiger partial charge >= 0.3 is 0 Å². The first-order chi connectivity index (χ1) is 34.5. The molecule has 0 heterocycles. The van der Waals surface area contributed by atoms with Crippen LogP contribution in [-0.2, 0) is 18.4 Å². The summed E-state index contributed by atoms with van der Waals surface area (Å²) in [5, 5.41) is 13.8. The van der Waals surface area contributed by atoms with Gasteiger partial charge < -0.3 is 28.8 Å². The van der Waals surface area contributed by atoms with E-state index in [1.165, 1.54) is 257 Å². The smallest absolute Gasteiger partial charge is 0.268 e. The molecular formula is C62H123N2O6P. The molecule has 0 saturated carbocycles. The highest BCUT2D eigenvalue weighted by atomic mass is 31.2. The van der Waals surface area contributed by atoms with Crippen LogP contribution in [0.1, 0.15) is 316 Å². The van der Waals surface area contributed by atoms with Crippen molar-refractivity contribution in [2.75, 3.05) is 40.9 Å². The number of hydrogen-bond acceptors (Lipinski definition) is 6. The minimum atomic E-state index is -4.60. The van der Waals surface area contributed by atoms with Crippen LogP contribution in [0.15, 0.2) is 24.3 Å². The summed E-state index contributed by atoms with van der Waals surface area (Å²) in [6, 6.07) is -0.899. The lowest BCUT2D eigenvalue weighted by Crippen LogP contribution is -2.45. The SMILES string of the molecule is CCCCCCCC/C=C/CC/C=C/C(O)C(COP(=O)([O-])OCC[N+](C)(C)C)NC(=O)CCCCCCCCCCCCCCCCCCCCCCCCCCCCCCCCCCCCCCC. The summed E-state index contributed by atoms with van der Waals surface area (Å²) in [6.45, 7) is 4.64. The Balaban J connectivity index is 3.86. The zero-order chi connectivity index (χ0) is 52.0. The molecule has 0 rings (SSSR count). The number of aliphatic hydroxyl groups is 1. The van der Waals surface area contributed by atoms with E-state index in [1.807, 2.05) is 27.2 Å². The van der Waals surface area contributed by atoms with Crippen molar-refractivity contribution in [2.45, 2.75) is 328 Å². The van der Waals surface area contributed by atoms with Crippen LogP contribution in [0.3, 0.4) is 0 Å². The van der Waals surface area contributed by atoms with Gasteiger partial charge in [-0.2, -0.15) is 0 Å². The van der Waals surface area contributed by atoms with Gasteiger partial charge in [-0.1, -0.05) is 301 Å². The second kappa shape index (κ2) is 53.8. The minimum Gasteiger partial charge on any atom is -0.756 e. The molecule has 9 heteroatoms. The fraction of sp³-hybridized carbons (Fsp3) is 0.919. The molecule has 3 atom stereocenters. The lowest BCUT2D eigenvalue weighted by Gasteiger charge is -2.29. The number of allylic oxidation sites excluding steroid dienone is 3. The molecule has 0 bridgehead atoms. The lowest BCUT2D eigenvalue weighted by molar-refractivity contribution is -0.870. The number of amides is 1. The van der Waals surface area contributed by atoms with Crippen molar-refractivity contribution >= 4 is 13.7 Å². The van der Waals surface area contributed by atoms with Gasteiger partial charge in [0, 0.05) is 6.42 Å². The fourth-order valence-corrected chi connectivity index (χ4v) is 10.2. The molecule has 0 aromatic carbocycles. The molecule has 0 aliphatic heterocycles. The van der Waals surface area contributed by atoms with Gasteiger partial charge in [-0.15, -0.1) is 0 Å². The highest BCUT2D eigenvalue weighted by molar-refractivity contribution is 7.45. The van der Waals surface area contributed by atoms with Crippen molar-refractivity contribution in [2.24, 2.45) is 0 Å². The van der Waals surface area contributed by atoms with Crippen LogP contribution in [0.5, 0.6) is 0 Å². The number of phosphoric ester groups is 1. The number of nitrogens with zero attached hydrogens (tertiary/aromatic N) is 1. The zero-order valence-electron chi connectivity index (χ0n) is 48.2. The summed E-state index contributed by atoms with van der Waals surface area (Å²) in [6.07, 6.45) is 68.8. The van der Waals surface area contributed by atoms with Gasteiger partial charge in [0.2, 0.25) is 5.91 Å². The Bertz CT molecular complexity index is 1210. The van der Waals surface area contributed by atoms with Gasteiger partial charge in [0.15, 0.2) is 0 Å². The lowest BCUT2D eigenvalue weighted by atomic mass is 10.0. The van der Waals surface area contributed by atoms with Crippen LogP contribution in [0.2, 0.25) is 0 Å². The number of carbonyl (C=O) groups excluding carboxylic acids is 1. The Hall–Kier alpha value is -1.02. The minimum absolute atomic E-state index is 0.00406. The third-order valence-corrected chi connectivity index (χ3v) is 15.4. The third kappa shape index (κ3) is 56.5. The molecule has 0 radical (unpaired) electrons. The van der Waals surface area contributed by atoms with Crippen molar-refractivity contribution < 1.29 is 32.9 Å². The van der Waals surface area contributed by atoms with E-state index in [9.17, 15) is 19.4 Å². The second-order valence-corrected chi connectivity index (χ2v) is 24.2. The van der Waals surface area contributed by atoms with Gasteiger partial charge in [0.25, 0.3) is 7.82 Å². The Kier molecular flexibility index (Phi) is 53.0. The average Bonchev–Trinajstić information content (AvgIpc) is 3.33. The largest absolute Gasteiger partial charge is 0.756 e. The van der Waals surface area contributed by atoms with Gasteiger partial charge in [-0.05, 0) is 32.1 Å². The van der Waals surface area contributed by atoms with Crippen LogP contribution in [0, 0.1) is 0 Å². The van der Waals surface area contributed by atoms with E-state index in [1.54, 1.807) is 6.08 Å². The first-order valence-electron chi connectivity index (χ1n) is 31.2. The number of rotatable bonds is 58. The number of aliphatic hydroxyl groups excluding tert-OH is 1. The summed E-state index contributed by atoms with van der Waals surface area (Å²) in [7, 11) is 1.26. The quantitative estimate of drug-likeness (QED) is 0.0272. The van der Waals surface area contributed by atoms with Crippen molar-refractivity contribution in [1.29, 1.82) is 0 Å². The standard InChI is InChI=1S/C62H123N2O6P/c1-6-8-10-12-14-16-18-20-21-22-23-24-25-26-27-28-29-30-31-32-33-34-35-36-37-38-39-40-41-42-43-44-46-48-50-52-54-56-62(66)63-60(59-70-71(67,68)69-58-57-64(3,4)5)61(65)55-53-51-49-47-45-19-17-15-13-11-9-7-2/h45,47,53,55,60-61,65H,6-44,46,48-52,54,56-59H2,1-5H3,(H-,63,66,67,68)/b47-45+,55-53+. The molecule has 422 valence electrons. The number of unbranched alkanes of at least 4 members (excludes halogenated alkanes) is 43. The summed E-state index contributed by atoms with van der Waals surface area (Å²) in [5.41, 5.74) is 0. The predicted octanol–water partition coefficient (Wildman–Crippen LogP) is 18.5. The highest BCUT2D eigenvalue weighted by Gasteiger charge is 2.23. The number of phosphoric acid groups is 1. The maximum absolute atomic E-state index is 12.9. The van der Waals surface area contributed by atoms with Crippen molar-refractivity contribution in [3.05, 3.63) is 24.3 Å². The first kappa shape index (κ1) is 70.0. The Morgan fingerprint density at radius 1 is 0.479 bits per heavy atom. The molecule has 0 aliphatic rings. The molecule has 0 saturated heterocycles. The van der Waals surface area contributed by atoms with Gasteiger partial charge in [0.1, 0.15) is 13.2 Å². The summed E-state index contributed by atoms with van der Waals surface area (Å²) >= 11 is 0. The monoisotopic (exact) mass is 1020 g/mol. The van der Waals surface area contributed by atoms with E-state index >= 15 is 0 Å². The topological polar surface area (TPSA) is 108 Å². The molecule has 0 aliphatic carbocycles. The fourth-order valence-electron chi connectivity index (χ4n) is 9.53. The summed E-state index contributed by atoms with van der Waals surface area (Å²) in [4.78, 5) is 25.4. The van der Waals surface area contributed by atoms with Crippen LogP contribution in [-0.4, -0.2) is 68.5 Å². The van der Waals surface area contributed by atoms with Gasteiger partial charge in [0.05, 0.1) is 39.9 Å². The maximum Gasteiger partial charge on any atom is 0.268 e. The van der Waals surface area contributed by atoms with Crippen LogP contribution >= 0.6 is 7.82 Å². The maximum atomic E-state index is 12.9. The van der Waals surface area contributed by atoms with Crippen molar-refractivity contribution in [1.82, 2.24) is 5.32 Å². The Morgan fingerprint density at radius 3 is 1.14 bits per heavy atom. The highest BCUT2D eigenvalue weighted by Crippen LogP contribution is 2.38. The molecule has 71 heavy (non-hydrogen) atoms. The Morgan fingerprint density at radius 2 is 0.789 bits per heavy atom. The number of hydrogen-bond donors (Lipinski definition) is 2. The zero-order valence-corrected chi connectivity index (χ0v) is 49.1. The van der Waals surface area contributed by atoms with Gasteiger partial charge in [-0.3, -0.25) is 9.36 Å². The van der Waals surface area contributed by atoms with E-state index in [0.29, 0.717) is 17.4 Å². The van der Waals surface area contributed by atoms with Crippen LogP contribution in [0.25, 0.3) is 0 Å². The molecule has 8 nitrogen and oxygen atoms in total. The number of quaternary nitrogens is 1. The number of nitrogens with one attached hydrogen (secondary N) is 1. The summed E-state index contributed by atoms with van der Waals surface area (Å²) < 4.78 is 23.3. The van der Waals surface area contributed by atoms with Crippen molar-refractivity contribution in [3.63, 3.8) is 0 Å². The van der Waals surface area contributed by atoms with E-state index in [4.69, 9.17) is 9.05 Å². The van der Waals surface area contributed by atoms with E-state index in [-0.39, 0.29) is 19.1 Å². The van der Waals surface area contributed by atoms with Crippen LogP contribution < -0.4 is 10.2 Å². The molecule has 0 aromatic rings.